The molecule has 2 heterocycles. The van der Waals surface area contributed by atoms with Crippen LogP contribution >= 0.6 is 0 Å². The molecule has 0 spiro atoms. The maximum Gasteiger partial charge on any atom is 0.395 e. The van der Waals surface area contributed by atoms with Gasteiger partial charge in [-0.05, 0) is 24.8 Å². The Morgan fingerprint density at radius 1 is 1.11 bits per heavy atom. The van der Waals surface area contributed by atoms with Gasteiger partial charge in [-0.25, -0.2) is 4.98 Å². The van der Waals surface area contributed by atoms with Gasteiger partial charge in [0.1, 0.15) is 5.82 Å². The van der Waals surface area contributed by atoms with Gasteiger partial charge >= 0.3 is 6.18 Å². The molecule has 0 radical (unpaired) electrons. The van der Waals surface area contributed by atoms with E-state index in [1.165, 1.54) is 0 Å². The summed E-state index contributed by atoms with van der Waals surface area (Å²) in [6.45, 7) is 0.154. The third-order valence-electron chi connectivity index (χ3n) is 5.46. The molecule has 1 aliphatic carbocycles. The van der Waals surface area contributed by atoms with Crippen molar-refractivity contribution in [2.24, 2.45) is 5.92 Å². The number of alkyl halides is 3. The Morgan fingerprint density at radius 2 is 1.89 bits per heavy atom. The third kappa shape index (κ3) is 3.58. The highest BCUT2D eigenvalue weighted by Crippen LogP contribution is 2.39. The first-order valence-corrected chi connectivity index (χ1v) is 9.18. The van der Waals surface area contributed by atoms with Gasteiger partial charge in [0.15, 0.2) is 0 Å². The van der Waals surface area contributed by atoms with Crippen molar-refractivity contribution in [3.63, 3.8) is 0 Å². The highest BCUT2D eigenvalue weighted by molar-refractivity contribution is 5.54. The lowest BCUT2D eigenvalue weighted by molar-refractivity contribution is -0.170. The first-order chi connectivity index (χ1) is 12.9. The van der Waals surface area contributed by atoms with E-state index in [0.717, 1.165) is 36.1 Å². The summed E-state index contributed by atoms with van der Waals surface area (Å²) in [4.78, 5) is 8.72. The number of nitrogens with two attached hydrogens (primary N) is 1. The van der Waals surface area contributed by atoms with Crippen LogP contribution in [0.3, 0.4) is 0 Å². The van der Waals surface area contributed by atoms with E-state index in [-0.39, 0.29) is 25.0 Å². The van der Waals surface area contributed by atoms with Crippen LogP contribution in [0.15, 0.2) is 30.3 Å². The Bertz CT molecular complexity index is 809. The Kier molecular flexibility index (Phi) is 4.67. The van der Waals surface area contributed by atoms with Crippen molar-refractivity contribution in [1.82, 2.24) is 15.3 Å². The zero-order valence-electron chi connectivity index (χ0n) is 14.8. The first-order valence-electron chi connectivity index (χ1n) is 9.18. The fraction of sp³-hybridized carbons (Fsp3) is 0.474. The van der Waals surface area contributed by atoms with Gasteiger partial charge in [0.05, 0.1) is 17.7 Å². The van der Waals surface area contributed by atoms with E-state index >= 15 is 0 Å². The predicted molar refractivity (Wildman–Crippen MR) is 97.5 cm³/mol. The van der Waals surface area contributed by atoms with Gasteiger partial charge in [0.25, 0.3) is 0 Å². The van der Waals surface area contributed by atoms with Gasteiger partial charge in [-0.15, -0.1) is 0 Å². The Balaban J connectivity index is 1.68. The molecule has 1 aliphatic heterocycles. The van der Waals surface area contributed by atoms with E-state index in [1.807, 2.05) is 30.3 Å². The Labute approximate surface area is 155 Å². The van der Waals surface area contributed by atoms with E-state index in [9.17, 15) is 13.2 Å². The summed E-state index contributed by atoms with van der Waals surface area (Å²) in [6.07, 6.45) is -1.66. The molecule has 1 unspecified atom stereocenters. The molecule has 1 fully saturated rings. The third-order valence-corrected chi connectivity index (χ3v) is 5.46. The van der Waals surface area contributed by atoms with E-state index in [0.29, 0.717) is 5.82 Å². The number of rotatable bonds is 3. The first kappa shape index (κ1) is 18.0. The Hall–Kier alpha value is -2.35. The molecule has 0 saturated carbocycles. The second-order valence-corrected chi connectivity index (χ2v) is 7.21. The number of hydrogen-bond acceptors (Lipinski definition) is 5. The molecule has 0 bridgehead atoms. The highest BCUT2D eigenvalue weighted by Gasteiger charge is 2.47. The second-order valence-electron chi connectivity index (χ2n) is 7.21. The van der Waals surface area contributed by atoms with Crippen LogP contribution in [0.4, 0.5) is 24.9 Å². The zero-order chi connectivity index (χ0) is 19.0. The monoisotopic (exact) mass is 377 g/mol. The molecular formula is C19H22F3N5. The number of halogens is 3. The number of hydrogen-bond donors (Lipinski definition) is 3. The number of nitrogens with one attached hydrogen (secondary N) is 2. The van der Waals surface area contributed by atoms with Gasteiger partial charge in [-0.3, -0.25) is 0 Å². The topological polar surface area (TPSA) is 75.9 Å². The normalized spacial score (nSPS) is 25.2. The van der Waals surface area contributed by atoms with Crippen molar-refractivity contribution in [3.8, 4) is 0 Å². The lowest BCUT2D eigenvalue weighted by Gasteiger charge is -2.29. The number of aromatic nitrogens is 2. The average molecular weight is 377 g/mol. The largest absolute Gasteiger partial charge is 0.395 e. The van der Waals surface area contributed by atoms with Gasteiger partial charge in [0.2, 0.25) is 5.95 Å². The molecule has 144 valence electrons. The standard InChI is InChI=1S/C19H22F3N5/c20-19(21,22)14-9-24-10-15(14)25-17-13-8-4-7-12(11-5-2-1-3-6-11)16(13)26-18(23)27-17/h1-3,5-6,12,14-15,24H,4,7-10H2,(H3,23,25,26,27)/t12?,14-,15-/m0/s1. The molecular weight excluding hydrogens is 355 g/mol. The molecule has 27 heavy (non-hydrogen) atoms. The van der Waals surface area contributed by atoms with Crippen molar-refractivity contribution >= 4 is 11.8 Å². The van der Waals surface area contributed by atoms with E-state index in [4.69, 9.17) is 5.73 Å². The molecule has 4 N–H and O–H groups in total. The summed E-state index contributed by atoms with van der Waals surface area (Å²) in [5.41, 5.74) is 8.77. The highest BCUT2D eigenvalue weighted by atomic mass is 19.4. The van der Waals surface area contributed by atoms with Crippen LogP contribution < -0.4 is 16.4 Å². The molecule has 8 heteroatoms. The molecule has 1 aromatic heterocycles. The van der Waals surface area contributed by atoms with Crippen LogP contribution in [0.1, 0.15) is 35.6 Å². The van der Waals surface area contributed by atoms with Crippen LogP contribution in [0.25, 0.3) is 0 Å². The maximum absolute atomic E-state index is 13.3. The average Bonchev–Trinajstić information content (AvgIpc) is 3.10. The summed E-state index contributed by atoms with van der Waals surface area (Å²) >= 11 is 0. The predicted octanol–water partition coefficient (Wildman–Crippen LogP) is 3.09. The minimum absolute atomic E-state index is 0.0842. The quantitative estimate of drug-likeness (QED) is 0.766. The number of nitrogen functional groups attached to an aromatic ring is 1. The van der Waals surface area contributed by atoms with Crippen molar-refractivity contribution < 1.29 is 13.2 Å². The number of nitrogens with zero attached hydrogens (tertiary/aromatic N) is 2. The van der Waals surface area contributed by atoms with Crippen LogP contribution in [0.5, 0.6) is 0 Å². The summed E-state index contributed by atoms with van der Waals surface area (Å²) < 4.78 is 39.8. The van der Waals surface area contributed by atoms with Gasteiger partial charge in [-0.2, -0.15) is 18.2 Å². The van der Waals surface area contributed by atoms with Crippen LogP contribution in [-0.2, 0) is 6.42 Å². The van der Waals surface area contributed by atoms with E-state index in [1.54, 1.807) is 0 Å². The minimum Gasteiger partial charge on any atom is -0.368 e. The van der Waals surface area contributed by atoms with E-state index < -0.39 is 18.1 Å². The van der Waals surface area contributed by atoms with Gasteiger partial charge in [0, 0.05) is 24.6 Å². The van der Waals surface area contributed by atoms with Crippen molar-refractivity contribution in [2.45, 2.75) is 37.4 Å². The summed E-state index contributed by atoms with van der Waals surface area (Å²) in [5.74, 6) is -0.826. The van der Waals surface area contributed by atoms with Gasteiger partial charge in [-0.1, -0.05) is 30.3 Å². The SMILES string of the molecule is Nc1nc(N[C@H]2CNC[C@@H]2C(F)(F)F)c2c(n1)C(c1ccccc1)CCC2. The fourth-order valence-corrected chi connectivity index (χ4v) is 4.15. The fourth-order valence-electron chi connectivity index (χ4n) is 4.15. The molecule has 4 rings (SSSR count). The van der Waals surface area contributed by atoms with Crippen LogP contribution in [0.2, 0.25) is 0 Å². The number of benzene rings is 1. The zero-order valence-corrected chi connectivity index (χ0v) is 14.8. The molecule has 1 saturated heterocycles. The Morgan fingerprint density at radius 3 is 2.63 bits per heavy atom. The smallest absolute Gasteiger partial charge is 0.368 e. The lowest BCUT2D eigenvalue weighted by Crippen LogP contribution is -2.38. The number of fused-ring (bicyclic) bond motifs is 1. The van der Waals surface area contributed by atoms with E-state index in [2.05, 4.69) is 20.6 Å². The number of anilines is 2. The van der Waals surface area contributed by atoms with Crippen molar-refractivity contribution in [2.75, 3.05) is 24.1 Å². The van der Waals surface area contributed by atoms with Crippen molar-refractivity contribution in [3.05, 3.63) is 47.2 Å². The molecule has 2 aromatic rings. The molecule has 0 amide bonds. The van der Waals surface area contributed by atoms with Crippen LogP contribution in [0, 0.1) is 5.92 Å². The summed E-state index contributed by atoms with van der Waals surface area (Å²) in [5, 5.41) is 5.85. The van der Waals surface area contributed by atoms with Crippen LogP contribution in [-0.4, -0.2) is 35.3 Å². The molecule has 5 nitrogen and oxygen atoms in total. The minimum atomic E-state index is -4.26. The lowest BCUT2D eigenvalue weighted by atomic mass is 9.82. The molecule has 2 aliphatic rings. The second kappa shape index (κ2) is 6.99. The maximum atomic E-state index is 13.3. The summed E-state index contributed by atoms with van der Waals surface area (Å²) in [6, 6.07) is 9.24. The summed E-state index contributed by atoms with van der Waals surface area (Å²) in [7, 11) is 0. The van der Waals surface area contributed by atoms with Crippen molar-refractivity contribution in [1.29, 1.82) is 0 Å². The van der Waals surface area contributed by atoms with Gasteiger partial charge < -0.3 is 16.4 Å². The molecule has 3 atom stereocenters. The molecule has 1 aromatic carbocycles.